The number of hydrogen-bond donors (Lipinski definition) is 3. The second-order valence-electron chi connectivity index (χ2n) is 6.03. The molecule has 0 saturated carbocycles. The summed E-state index contributed by atoms with van der Waals surface area (Å²) in [5.74, 6) is -3.50. The smallest absolute Gasteiger partial charge is 0.319 e. The number of aliphatic carboxylic acids is 1. The van der Waals surface area contributed by atoms with Crippen LogP contribution >= 0.6 is 15.9 Å². The summed E-state index contributed by atoms with van der Waals surface area (Å²) in [4.78, 5) is 10.2. The molecule has 0 amide bonds. The van der Waals surface area contributed by atoms with Gasteiger partial charge in [-0.3, -0.25) is 9.52 Å². The van der Waals surface area contributed by atoms with Crippen LogP contribution in [0.1, 0.15) is 0 Å². The van der Waals surface area contributed by atoms with Crippen molar-refractivity contribution in [2.24, 2.45) is 0 Å². The number of carbonyl (C=O) groups is 1. The molecule has 0 fully saturated rings. The summed E-state index contributed by atoms with van der Waals surface area (Å²) in [6.07, 6.45) is 0. The average Bonchev–Trinajstić information content (AvgIpc) is 2.63. The maximum atomic E-state index is 12.7. The van der Waals surface area contributed by atoms with Crippen LogP contribution in [0, 0.1) is 0 Å². The first-order valence-corrected chi connectivity index (χ1v) is 11.9. The van der Waals surface area contributed by atoms with Gasteiger partial charge in [-0.05, 0) is 30.3 Å². The molecule has 152 valence electrons. The third-order valence-electron chi connectivity index (χ3n) is 4.00. The van der Waals surface area contributed by atoms with Crippen LogP contribution in [-0.4, -0.2) is 38.8 Å². The summed E-state index contributed by atoms with van der Waals surface area (Å²) in [6.45, 7) is 0. The Labute approximate surface area is 174 Å². The molecule has 0 aliphatic rings. The quantitative estimate of drug-likeness (QED) is 0.443. The molecule has 0 aliphatic carbocycles. The first-order chi connectivity index (χ1) is 13.5. The van der Waals surface area contributed by atoms with Gasteiger partial charge in [0.2, 0.25) is 0 Å². The van der Waals surface area contributed by atoms with Gasteiger partial charge in [-0.15, -0.1) is 0 Å². The van der Waals surface area contributed by atoms with Crippen LogP contribution < -0.4 is 4.72 Å². The van der Waals surface area contributed by atoms with E-state index in [4.69, 9.17) is 5.11 Å². The Bertz CT molecular complexity index is 1320. The molecule has 0 aliphatic heterocycles. The largest absolute Gasteiger partial charge is 0.506 e. The van der Waals surface area contributed by atoms with E-state index >= 15 is 0 Å². The number of nitrogens with one attached hydrogen (secondary N) is 1. The maximum Gasteiger partial charge on any atom is 0.319 e. The van der Waals surface area contributed by atoms with Crippen molar-refractivity contribution in [2.75, 3.05) is 10.5 Å². The summed E-state index contributed by atoms with van der Waals surface area (Å²) in [5, 5.41) is 19.6. The van der Waals surface area contributed by atoms with Gasteiger partial charge in [-0.1, -0.05) is 40.2 Å². The Kier molecular flexibility index (Phi) is 5.57. The molecule has 0 unspecified atom stereocenters. The molecule has 8 nitrogen and oxygen atoms in total. The highest BCUT2D eigenvalue weighted by Gasteiger charge is 2.26. The van der Waals surface area contributed by atoms with Gasteiger partial charge in [0.25, 0.3) is 10.0 Å². The molecule has 11 heteroatoms. The van der Waals surface area contributed by atoms with Crippen LogP contribution in [-0.2, 0) is 24.7 Å². The summed E-state index contributed by atoms with van der Waals surface area (Å²) in [7, 11) is -8.50. The van der Waals surface area contributed by atoms with Gasteiger partial charge in [0.05, 0.1) is 10.6 Å². The van der Waals surface area contributed by atoms with Gasteiger partial charge in [0.1, 0.15) is 10.6 Å². The van der Waals surface area contributed by atoms with E-state index in [0.717, 1.165) is 6.07 Å². The molecule has 0 aromatic heterocycles. The number of fused-ring (bicyclic) bond motifs is 1. The number of halogens is 1. The zero-order chi connectivity index (χ0) is 21.4. The lowest BCUT2D eigenvalue weighted by Gasteiger charge is -2.15. The monoisotopic (exact) mass is 499 g/mol. The van der Waals surface area contributed by atoms with Crippen LogP contribution in [0.2, 0.25) is 0 Å². The van der Waals surface area contributed by atoms with Crippen LogP contribution in [0.5, 0.6) is 5.75 Å². The van der Waals surface area contributed by atoms with E-state index in [9.17, 15) is 26.7 Å². The van der Waals surface area contributed by atoms with E-state index in [1.807, 2.05) is 0 Å². The second-order valence-corrected chi connectivity index (χ2v) is 10.6. The van der Waals surface area contributed by atoms with E-state index in [1.54, 1.807) is 6.07 Å². The summed E-state index contributed by atoms with van der Waals surface area (Å²) in [5.41, 5.74) is -0.106. The van der Waals surface area contributed by atoms with E-state index in [-0.39, 0.29) is 21.4 Å². The normalized spacial score (nSPS) is 12.0. The van der Waals surface area contributed by atoms with E-state index in [1.165, 1.54) is 42.5 Å². The number of phenolic OH excluding ortho intramolecular Hbond substituents is 1. The minimum Gasteiger partial charge on any atom is -0.506 e. The Hall–Kier alpha value is -2.63. The molecule has 0 atom stereocenters. The van der Waals surface area contributed by atoms with Gasteiger partial charge in [-0.2, -0.15) is 0 Å². The average molecular weight is 500 g/mol. The number of benzene rings is 3. The fourth-order valence-electron chi connectivity index (χ4n) is 2.71. The van der Waals surface area contributed by atoms with Gasteiger partial charge < -0.3 is 10.2 Å². The zero-order valence-electron chi connectivity index (χ0n) is 14.5. The fraction of sp³-hybridized carbons (Fsp3) is 0.0556. The van der Waals surface area contributed by atoms with Crippen molar-refractivity contribution < 1.29 is 31.8 Å². The maximum absolute atomic E-state index is 12.7. The molecule has 29 heavy (non-hydrogen) atoms. The molecule has 0 spiro atoms. The summed E-state index contributed by atoms with van der Waals surface area (Å²) in [6, 6.07) is 12.7. The molecule has 0 radical (unpaired) electrons. The van der Waals surface area contributed by atoms with Crippen LogP contribution in [0.25, 0.3) is 10.8 Å². The van der Waals surface area contributed by atoms with Crippen molar-refractivity contribution >= 4 is 58.2 Å². The number of sulfonamides is 1. The molecule has 3 rings (SSSR count). The number of carboxylic acid groups (broad SMARTS) is 1. The number of sulfone groups is 1. The van der Waals surface area contributed by atoms with E-state index < -0.39 is 42.2 Å². The second kappa shape index (κ2) is 7.65. The topological polar surface area (TPSA) is 138 Å². The minimum atomic E-state index is -4.42. The lowest BCUT2D eigenvalue weighted by Crippen LogP contribution is -2.17. The Morgan fingerprint density at radius 1 is 0.966 bits per heavy atom. The van der Waals surface area contributed by atoms with E-state index in [0.29, 0.717) is 4.47 Å². The molecule has 3 N–H and O–H groups in total. The zero-order valence-corrected chi connectivity index (χ0v) is 17.8. The van der Waals surface area contributed by atoms with Crippen molar-refractivity contribution in [1.29, 1.82) is 0 Å². The van der Waals surface area contributed by atoms with Gasteiger partial charge in [0, 0.05) is 15.2 Å². The predicted molar refractivity (Wildman–Crippen MR) is 110 cm³/mol. The number of phenols is 1. The third-order valence-corrected chi connectivity index (χ3v) is 7.52. The molecular weight excluding hydrogens is 486 g/mol. The lowest BCUT2D eigenvalue weighted by atomic mass is 10.1. The van der Waals surface area contributed by atoms with Crippen LogP contribution in [0.15, 0.2) is 68.9 Å². The SMILES string of the molecule is O=C(O)CS(=O)(=O)c1cc(NS(=O)(=O)c2ccc(Br)cc2)c2ccccc2c1O. The number of aromatic hydroxyl groups is 1. The molecular formula is C18H14BrNO7S2. The van der Waals surface area contributed by atoms with Crippen molar-refractivity contribution in [3.63, 3.8) is 0 Å². The Morgan fingerprint density at radius 2 is 1.55 bits per heavy atom. The fourth-order valence-corrected chi connectivity index (χ4v) is 5.23. The first kappa shape index (κ1) is 21.1. The molecule has 0 bridgehead atoms. The Morgan fingerprint density at radius 3 is 2.14 bits per heavy atom. The third kappa shape index (κ3) is 4.36. The molecule has 0 saturated heterocycles. The highest BCUT2D eigenvalue weighted by atomic mass is 79.9. The lowest BCUT2D eigenvalue weighted by molar-refractivity contribution is -0.134. The number of anilines is 1. The number of rotatable bonds is 6. The number of hydrogen-bond acceptors (Lipinski definition) is 6. The van der Waals surface area contributed by atoms with Gasteiger partial charge in [-0.25, -0.2) is 16.8 Å². The Balaban J connectivity index is 2.21. The molecule has 3 aromatic carbocycles. The van der Waals surface area contributed by atoms with Crippen molar-refractivity contribution in [1.82, 2.24) is 0 Å². The highest BCUT2D eigenvalue weighted by Crippen LogP contribution is 2.38. The van der Waals surface area contributed by atoms with E-state index in [2.05, 4.69) is 20.7 Å². The van der Waals surface area contributed by atoms with Crippen LogP contribution in [0.4, 0.5) is 5.69 Å². The highest BCUT2D eigenvalue weighted by molar-refractivity contribution is 9.10. The molecule has 0 heterocycles. The minimum absolute atomic E-state index is 0.0622. The van der Waals surface area contributed by atoms with Gasteiger partial charge in [0.15, 0.2) is 15.6 Å². The standard InChI is InChI=1S/C18H14BrNO7S2/c19-11-5-7-12(8-6-11)29(26,27)20-15-9-16(28(24,25)10-17(21)22)18(23)14-4-2-1-3-13(14)15/h1-9,20,23H,10H2,(H,21,22). The number of carboxylic acids is 1. The first-order valence-electron chi connectivity index (χ1n) is 7.99. The van der Waals surface area contributed by atoms with Gasteiger partial charge >= 0.3 is 5.97 Å². The summed E-state index contributed by atoms with van der Waals surface area (Å²) < 4.78 is 53.3. The van der Waals surface area contributed by atoms with Crippen molar-refractivity contribution in [3.05, 3.63) is 59.1 Å². The van der Waals surface area contributed by atoms with Crippen molar-refractivity contribution in [3.8, 4) is 5.75 Å². The molecule has 3 aromatic rings. The summed E-state index contributed by atoms with van der Waals surface area (Å²) >= 11 is 3.21. The van der Waals surface area contributed by atoms with Crippen molar-refractivity contribution in [2.45, 2.75) is 9.79 Å². The predicted octanol–water partition coefficient (Wildman–Crippen LogP) is 2.97. The van der Waals surface area contributed by atoms with Crippen LogP contribution in [0.3, 0.4) is 0 Å².